The van der Waals surface area contributed by atoms with Crippen LogP contribution in [0.1, 0.15) is 25.8 Å². The molecule has 0 spiro atoms. The molecule has 0 saturated carbocycles. The molecule has 0 aromatic heterocycles. The molecule has 0 radical (unpaired) electrons. The van der Waals surface area contributed by atoms with E-state index in [4.69, 9.17) is 11.6 Å². The Hall–Kier alpha value is -1.61. The monoisotopic (exact) mass is 262 g/mol. The fraction of sp³-hybridized carbons (Fsp3) is 0.286. The lowest BCUT2D eigenvalue weighted by Gasteiger charge is -2.02. The summed E-state index contributed by atoms with van der Waals surface area (Å²) in [5, 5.41) is 3.46. The summed E-state index contributed by atoms with van der Waals surface area (Å²) in [6.45, 7) is 4.19. The van der Waals surface area contributed by atoms with Gasteiger partial charge in [0.25, 0.3) is 5.91 Å². The largest absolute Gasteiger partial charge is 0.309 e. The highest BCUT2D eigenvalue weighted by molar-refractivity contribution is 6.30. The van der Waals surface area contributed by atoms with E-state index in [2.05, 4.69) is 24.2 Å². The number of aliphatic imine (C=N–C) groups is 1. The fourth-order valence-corrected chi connectivity index (χ4v) is 1.84. The molecule has 1 aliphatic heterocycles. The van der Waals surface area contributed by atoms with Crippen LogP contribution >= 0.6 is 11.6 Å². The molecule has 0 fully saturated rings. The Morgan fingerprint density at radius 1 is 1.33 bits per heavy atom. The molecule has 4 heteroatoms. The minimum atomic E-state index is -0.138. The van der Waals surface area contributed by atoms with E-state index in [1.54, 1.807) is 18.2 Å². The van der Waals surface area contributed by atoms with E-state index in [9.17, 15) is 4.79 Å². The number of amidine groups is 1. The van der Waals surface area contributed by atoms with E-state index in [1.165, 1.54) is 0 Å². The molecule has 1 N–H and O–H groups in total. The van der Waals surface area contributed by atoms with Crippen molar-refractivity contribution < 1.29 is 4.79 Å². The first-order valence-corrected chi connectivity index (χ1v) is 6.28. The van der Waals surface area contributed by atoms with E-state index < -0.39 is 0 Å². The molecule has 2 rings (SSSR count). The first-order valence-electron chi connectivity index (χ1n) is 5.91. The molecule has 1 aliphatic rings. The van der Waals surface area contributed by atoms with Gasteiger partial charge in [-0.25, -0.2) is 4.99 Å². The van der Waals surface area contributed by atoms with Gasteiger partial charge in [0.2, 0.25) is 0 Å². The highest BCUT2D eigenvalue weighted by Crippen LogP contribution is 2.16. The van der Waals surface area contributed by atoms with Gasteiger partial charge in [0.15, 0.2) is 0 Å². The smallest absolute Gasteiger partial charge is 0.275 e. The number of carbonyl (C=O) groups is 1. The molecular formula is C14H15ClN2O. The van der Waals surface area contributed by atoms with Crippen LogP contribution in [0.25, 0.3) is 6.08 Å². The minimum absolute atomic E-state index is 0.138. The van der Waals surface area contributed by atoms with Crippen LogP contribution in [0.15, 0.2) is 35.0 Å². The molecule has 18 heavy (non-hydrogen) atoms. The third kappa shape index (κ3) is 3.20. The van der Waals surface area contributed by atoms with Crippen molar-refractivity contribution in [3.63, 3.8) is 0 Å². The second-order valence-corrected chi connectivity index (χ2v) is 5.13. The average Bonchev–Trinajstić information content (AvgIpc) is 2.61. The van der Waals surface area contributed by atoms with Gasteiger partial charge in [-0.3, -0.25) is 4.79 Å². The number of halogens is 1. The maximum atomic E-state index is 11.7. The highest BCUT2D eigenvalue weighted by atomic mass is 35.5. The van der Waals surface area contributed by atoms with Crippen LogP contribution in [-0.4, -0.2) is 11.7 Å². The number of rotatable bonds is 3. The van der Waals surface area contributed by atoms with Gasteiger partial charge in [-0.2, -0.15) is 0 Å². The third-order valence-electron chi connectivity index (χ3n) is 2.52. The first-order chi connectivity index (χ1) is 8.54. The topological polar surface area (TPSA) is 41.5 Å². The van der Waals surface area contributed by atoms with Crippen LogP contribution in [0.2, 0.25) is 5.02 Å². The van der Waals surface area contributed by atoms with E-state index in [1.807, 2.05) is 12.1 Å². The molecule has 3 nitrogen and oxygen atoms in total. The Kier molecular flexibility index (Phi) is 3.82. The summed E-state index contributed by atoms with van der Waals surface area (Å²) >= 11 is 5.81. The zero-order valence-corrected chi connectivity index (χ0v) is 11.2. The van der Waals surface area contributed by atoms with Crippen LogP contribution in [-0.2, 0) is 4.79 Å². The Bertz CT molecular complexity index is 515. The molecule has 0 atom stereocenters. The van der Waals surface area contributed by atoms with Gasteiger partial charge in [0, 0.05) is 11.4 Å². The first kappa shape index (κ1) is 12.8. The van der Waals surface area contributed by atoms with Crippen molar-refractivity contribution in [1.29, 1.82) is 0 Å². The van der Waals surface area contributed by atoms with Crippen LogP contribution in [0.5, 0.6) is 0 Å². The maximum absolute atomic E-state index is 11.7. The fourth-order valence-electron chi connectivity index (χ4n) is 1.72. The summed E-state index contributed by atoms with van der Waals surface area (Å²) in [4.78, 5) is 16.0. The molecule has 0 aliphatic carbocycles. The molecule has 0 saturated heterocycles. The summed E-state index contributed by atoms with van der Waals surface area (Å²) in [6.07, 6.45) is 2.54. The van der Waals surface area contributed by atoms with Gasteiger partial charge in [-0.1, -0.05) is 37.6 Å². The minimum Gasteiger partial charge on any atom is -0.309 e. The van der Waals surface area contributed by atoms with E-state index in [-0.39, 0.29) is 5.91 Å². The van der Waals surface area contributed by atoms with Crippen LogP contribution in [0, 0.1) is 5.92 Å². The number of carbonyl (C=O) groups excluding carboxylic acids is 1. The summed E-state index contributed by atoms with van der Waals surface area (Å²) in [5.74, 6) is 1.08. The summed E-state index contributed by atoms with van der Waals surface area (Å²) in [6, 6.07) is 7.30. The Labute approximate surface area is 112 Å². The third-order valence-corrected chi connectivity index (χ3v) is 2.77. The molecule has 0 bridgehead atoms. The number of hydrogen-bond acceptors (Lipinski definition) is 2. The van der Waals surface area contributed by atoms with Crippen molar-refractivity contribution in [1.82, 2.24) is 5.32 Å². The van der Waals surface area contributed by atoms with Crippen LogP contribution in [0.3, 0.4) is 0 Å². The van der Waals surface area contributed by atoms with Crippen molar-refractivity contribution in [2.75, 3.05) is 0 Å². The second kappa shape index (κ2) is 5.36. The number of hydrogen-bond donors (Lipinski definition) is 1. The molecule has 1 heterocycles. The van der Waals surface area contributed by atoms with Gasteiger partial charge >= 0.3 is 0 Å². The van der Waals surface area contributed by atoms with Crippen molar-refractivity contribution in [3.05, 3.63) is 40.5 Å². The van der Waals surface area contributed by atoms with Crippen LogP contribution in [0.4, 0.5) is 0 Å². The summed E-state index contributed by atoms with van der Waals surface area (Å²) in [5.41, 5.74) is 1.37. The zero-order chi connectivity index (χ0) is 13.1. The number of nitrogens with one attached hydrogen (secondary N) is 1. The standard InChI is InChI=1S/C14H15ClN2O/c1-9(2)7-13-16-12(14(18)17-13)8-10-3-5-11(15)6-4-10/h3-6,8-9H,7H2,1-2H3,(H,16,17,18)/b12-8+. The second-order valence-electron chi connectivity index (χ2n) is 4.69. The molecule has 0 unspecified atom stereocenters. The van der Waals surface area contributed by atoms with Gasteiger partial charge < -0.3 is 5.32 Å². The van der Waals surface area contributed by atoms with Gasteiger partial charge in [-0.15, -0.1) is 0 Å². The summed E-state index contributed by atoms with van der Waals surface area (Å²) in [7, 11) is 0. The summed E-state index contributed by atoms with van der Waals surface area (Å²) < 4.78 is 0. The molecule has 94 valence electrons. The van der Waals surface area contributed by atoms with Crippen LogP contribution < -0.4 is 5.32 Å². The predicted molar refractivity (Wildman–Crippen MR) is 74.5 cm³/mol. The number of benzene rings is 1. The van der Waals surface area contributed by atoms with E-state index >= 15 is 0 Å². The van der Waals surface area contributed by atoms with Gasteiger partial charge in [0.1, 0.15) is 11.5 Å². The Morgan fingerprint density at radius 3 is 2.61 bits per heavy atom. The van der Waals surface area contributed by atoms with Crippen molar-refractivity contribution in [2.24, 2.45) is 10.9 Å². The zero-order valence-electron chi connectivity index (χ0n) is 10.4. The molecule has 1 amide bonds. The predicted octanol–water partition coefficient (Wildman–Crippen LogP) is 3.26. The molecular weight excluding hydrogens is 248 g/mol. The van der Waals surface area contributed by atoms with E-state index in [0.29, 0.717) is 16.6 Å². The van der Waals surface area contributed by atoms with Gasteiger partial charge in [0.05, 0.1) is 0 Å². The number of nitrogens with zero attached hydrogens (tertiary/aromatic N) is 1. The van der Waals surface area contributed by atoms with Crippen molar-refractivity contribution in [3.8, 4) is 0 Å². The van der Waals surface area contributed by atoms with Gasteiger partial charge in [-0.05, 0) is 29.7 Å². The lowest BCUT2D eigenvalue weighted by molar-refractivity contribution is -0.115. The lowest BCUT2D eigenvalue weighted by atomic mass is 10.1. The quantitative estimate of drug-likeness (QED) is 0.835. The molecule has 1 aromatic carbocycles. The number of amides is 1. The van der Waals surface area contributed by atoms with Crippen molar-refractivity contribution >= 4 is 29.4 Å². The maximum Gasteiger partial charge on any atom is 0.275 e. The van der Waals surface area contributed by atoms with E-state index in [0.717, 1.165) is 17.8 Å². The SMILES string of the molecule is CC(C)CC1=N/C(=C/c2ccc(Cl)cc2)C(=O)N1. The molecule has 1 aromatic rings. The Balaban J connectivity index is 2.20. The Morgan fingerprint density at radius 2 is 2.00 bits per heavy atom. The normalized spacial score (nSPS) is 17.2. The van der Waals surface area contributed by atoms with Crippen molar-refractivity contribution in [2.45, 2.75) is 20.3 Å². The average molecular weight is 263 g/mol. The highest BCUT2D eigenvalue weighted by Gasteiger charge is 2.20. The lowest BCUT2D eigenvalue weighted by Crippen LogP contribution is -2.24.